The Hall–Kier alpha value is -1.56. The van der Waals surface area contributed by atoms with Crippen LogP contribution < -0.4 is 5.32 Å². The molecule has 0 aliphatic heterocycles. The van der Waals surface area contributed by atoms with E-state index < -0.39 is 5.97 Å². The molecule has 0 spiro atoms. The molecule has 0 atom stereocenters. The Bertz CT molecular complexity index is 529. The van der Waals surface area contributed by atoms with Gasteiger partial charge in [0.2, 0.25) is 0 Å². The number of carbonyl (C=O) groups is 2. The fourth-order valence-corrected chi connectivity index (χ4v) is 2.55. The Labute approximate surface area is 126 Å². The lowest BCUT2D eigenvalue weighted by molar-refractivity contribution is -0.137. The van der Waals surface area contributed by atoms with E-state index in [0.29, 0.717) is 5.69 Å². The van der Waals surface area contributed by atoms with Crippen LogP contribution in [0.15, 0.2) is 22.7 Å². The fourth-order valence-electron chi connectivity index (χ4n) is 1.96. The number of nitrogens with zero attached hydrogens (tertiary/aromatic N) is 1. The van der Waals surface area contributed by atoms with E-state index in [4.69, 9.17) is 5.11 Å². The van der Waals surface area contributed by atoms with Crippen LogP contribution >= 0.6 is 15.9 Å². The number of carboxylic acids is 1. The summed E-state index contributed by atoms with van der Waals surface area (Å²) in [4.78, 5) is 24.5. The molecule has 2 amide bonds. The lowest BCUT2D eigenvalue weighted by atomic mass is 10.2. The van der Waals surface area contributed by atoms with E-state index in [9.17, 15) is 9.59 Å². The summed E-state index contributed by atoms with van der Waals surface area (Å²) in [6, 6.07) is 5.62. The molecule has 1 fully saturated rings. The summed E-state index contributed by atoms with van der Waals surface area (Å²) >= 11 is 3.41. The average molecular weight is 341 g/mol. The minimum absolute atomic E-state index is 0.0288. The van der Waals surface area contributed by atoms with Gasteiger partial charge in [-0.05, 0) is 53.4 Å². The number of nitrogens with one attached hydrogen (secondary N) is 1. The van der Waals surface area contributed by atoms with Crippen molar-refractivity contribution >= 4 is 33.6 Å². The number of rotatable bonds is 5. The highest BCUT2D eigenvalue weighted by molar-refractivity contribution is 9.10. The van der Waals surface area contributed by atoms with E-state index in [1.54, 1.807) is 4.90 Å². The zero-order valence-corrected chi connectivity index (χ0v) is 12.8. The van der Waals surface area contributed by atoms with Gasteiger partial charge in [0.15, 0.2) is 0 Å². The Morgan fingerprint density at radius 1 is 1.45 bits per heavy atom. The van der Waals surface area contributed by atoms with Gasteiger partial charge in [0.25, 0.3) is 0 Å². The molecular formula is C14H17BrN2O3. The molecule has 2 rings (SSSR count). The van der Waals surface area contributed by atoms with Crippen molar-refractivity contribution in [3.63, 3.8) is 0 Å². The first-order valence-corrected chi connectivity index (χ1v) is 7.32. The Balaban J connectivity index is 2.02. The molecule has 1 aromatic carbocycles. The number of amides is 2. The van der Waals surface area contributed by atoms with Gasteiger partial charge in [-0.2, -0.15) is 0 Å². The van der Waals surface area contributed by atoms with Gasteiger partial charge in [-0.15, -0.1) is 0 Å². The maximum atomic E-state index is 12.2. The summed E-state index contributed by atoms with van der Waals surface area (Å²) in [5.74, 6) is -0.889. The lowest BCUT2D eigenvalue weighted by Gasteiger charge is -2.22. The number of hydrogen-bond acceptors (Lipinski definition) is 2. The first-order chi connectivity index (χ1) is 9.47. The van der Waals surface area contributed by atoms with E-state index in [1.807, 2.05) is 25.1 Å². The predicted molar refractivity (Wildman–Crippen MR) is 79.9 cm³/mol. The summed E-state index contributed by atoms with van der Waals surface area (Å²) < 4.78 is 0.819. The second-order valence-corrected chi connectivity index (χ2v) is 5.84. The third-order valence-corrected chi connectivity index (χ3v) is 3.84. The molecule has 0 saturated heterocycles. The Morgan fingerprint density at radius 3 is 2.70 bits per heavy atom. The van der Waals surface area contributed by atoms with E-state index >= 15 is 0 Å². The highest BCUT2D eigenvalue weighted by Crippen LogP contribution is 2.29. The van der Waals surface area contributed by atoms with Crippen LogP contribution in [0.1, 0.15) is 24.8 Å². The van der Waals surface area contributed by atoms with Crippen LogP contribution in [0.2, 0.25) is 0 Å². The summed E-state index contributed by atoms with van der Waals surface area (Å²) in [5, 5.41) is 11.6. The molecule has 1 aromatic rings. The second kappa shape index (κ2) is 6.26. The molecule has 0 unspecified atom stereocenters. The van der Waals surface area contributed by atoms with Crippen LogP contribution in [-0.4, -0.2) is 34.6 Å². The van der Waals surface area contributed by atoms with E-state index in [-0.39, 0.29) is 25.0 Å². The lowest BCUT2D eigenvalue weighted by Crippen LogP contribution is -2.38. The number of carboxylic acid groups (broad SMARTS) is 1. The van der Waals surface area contributed by atoms with Crippen molar-refractivity contribution in [2.45, 2.75) is 32.2 Å². The molecule has 5 nitrogen and oxygen atoms in total. The SMILES string of the molecule is Cc1ccc(NC(=O)N(CCC(=O)O)C2CC2)c(Br)c1. The highest BCUT2D eigenvalue weighted by atomic mass is 79.9. The maximum Gasteiger partial charge on any atom is 0.322 e. The third kappa shape index (κ3) is 3.96. The molecular weight excluding hydrogens is 324 g/mol. The smallest absolute Gasteiger partial charge is 0.322 e. The number of halogens is 1. The first-order valence-electron chi connectivity index (χ1n) is 6.53. The van der Waals surface area contributed by atoms with Crippen molar-refractivity contribution in [2.24, 2.45) is 0 Å². The number of urea groups is 1. The highest BCUT2D eigenvalue weighted by Gasteiger charge is 2.32. The summed E-state index contributed by atoms with van der Waals surface area (Å²) in [6.07, 6.45) is 1.86. The Kier molecular flexibility index (Phi) is 4.65. The maximum absolute atomic E-state index is 12.2. The normalized spacial score (nSPS) is 13.9. The number of anilines is 1. The van der Waals surface area contributed by atoms with Gasteiger partial charge in [-0.3, -0.25) is 4.79 Å². The molecule has 2 N–H and O–H groups in total. The minimum atomic E-state index is -0.889. The van der Waals surface area contributed by atoms with Gasteiger partial charge in [0.1, 0.15) is 0 Å². The van der Waals surface area contributed by atoms with Crippen LogP contribution in [0.3, 0.4) is 0 Å². The van der Waals surface area contributed by atoms with Crippen LogP contribution in [-0.2, 0) is 4.79 Å². The first kappa shape index (κ1) is 14.8. The van der Waals surface area contributed by atoms with Gasteiger partial charge in [-0.25, -0.2) is 4.79 Å². The van der Waals surface area contributed by atoms with Crippen molar-refractivity contribution in [1.29, 1.82) is 0 Å². The van der Waals surface area contributed by atoms with Crippen LogP contribution in [0.5, 0.6) is 0 Å². The number of benzene rings is 1. The molecule has 6 heteroatoms. The van der Waals surface area contributed by atoms with Crippen LogP contribution in [0, 0.1) is 6.92 Å². The van der Waals surface area contributed by atoms with Crippen molar-refractivity contribution in [1.82, 2.24) is 4.90 Å². The molecule has 20 heavy (non-hydrogen) atoms. The third-order valence-electron chi connectivity index (χ3n) is 3.18. The molecule has 108 valence electrons. The average Bonchev–Trinajstić information content (AvgIpc) is 3.17. The monoisotopic (exact) mass is 340 g/mol. The molecule has 1 aliphatic carbocycles. The number of carbonyl (C=O) groups excluding carboxylic acids is 1. The van der Waals surface area contributed by atoms with Gasteiger partial charge in [0, 0.05) is 17.1 Å². The van der Waals surface area contributed by atoms with Gasteiger partial charge in [0.05, 0.1) is 12.1 Å². The second-order valence-electron chi connectivity index (χ2n) is 4.98. The standard InChI is InChI=1S/C14H17BrN2O3/c1-9-2-5-12(11(15)8-9)16-14(20)17(10-3-4-10)7-6-13(18)19/h2,5,8,10H,3-4,6-7H2,1H3,(H,16,20)(H,18,19). The number of aryl methyl sites for hydroxylation is 1. The van der Waals surface area contributed by atoms with Crippen molar-refractivity contribution in [2.75, 3.05) is 11.9 Å². The zero-order chi connectivity index (χ0) is 14.7. The minimum Gasteiger partial charge on any atom is -0.481 e. The van der Waals surface area contributed by atoms with Crippen molar-refractivity contribution in [3.8, 4) is 0 Å². The van der Waals surface area contributed by atoms with Crippen molar-refractivity contribution < 1.29 is 14.7 Å². The quantitative estimate of drug-likeness (QED) is 0.864. The van der Waals surface area contributed by atoms with Gasteiger partial charge >= 0.3 is 12.0 Å². The van der Waals surface area contributed by atoms with Crippen LogP contribution in [0.25, 0.3) is 0 Å². The molecule has 0 bridgehead atoms. The molecule has 1 aliphatic rings. The molecule has 1 saturated carbocycles. The van der Waals surface area contributed by atoms with Gasteiger partial charge < -0.3 is 15.3 Å². The Morgan fingerprint density at radius 2 is 2.15 bits per heavy atom. The molecule has 0 heterocycles. The summed E-state index contributed by atoms with van der Waals surface area (Å²) in [7, 11) is 0. The fraction of sp³-hybridized carbons (Fsp3) is 0.429. The zero-order valence-electron chi connectivity index (χ0n) is 11.2. The van der Waals surface area contributed by atoms with E-state index in [2.05, 4.69) is 21.2 Å². The molecule has 0 radical (unpaired) electrons. The molecule has 0 aromatic heterocycles. The topological polar surface area (TPSA) is 69.6 Å². The van der Waals surface area contributed by atoms with E-state index in [0.717, 1.165) is 22.9 Å². The number of aliphatic carboxylic acids is 1. The van der Waals surface area contributed by atoms with Gasteiger partial charge in [-0.1, -0.05) is 6.07 Å². The van der Waals surface area contributed by atoms with Crippen LogP contribution in [0.4, 0.5) is 10.5 Å². The summed E-state index contributed by atoms with van der Waals surface area (Å²) in [6.45, 7) is 2.22. The van der Waals surface area contributed by atoms with Crippen molar-refractivity contribution in [3.05, 3.63) is 28.2 Å². The summed E-state index contributed by atoms with van der Waals surface area (Å²) in [5.41, 5.74) is 1.79. The van der Waals surface area contributed by atoms with E-state index in [1.165, 1.54) is 0 Å². The number of hydrogen-bond donors (Lipinski definition) is 2. The largest absolute Gasteiger partial charge is 0.481 e. The predicted octanol–water partition coefficient (Wildman–Crippen LogP) is 3.23.